The Morgan fingerprint density at radius 3 is 0.421 bits per heavy atom. The topological polar surface area (TPSA) is 108 Å². The van der Waals surface area contributed by atoms with Crippen LogP contribution in [0.2, 0.25) is 0 Å². The molecule has 0 radical (unpaired) electrons. The van der Waals surface area contributed by atoms with Gasteiger partial charge in [-0.3, -0.25) is 0 Å². The molecule has 3 aliphatic heterocycles. The van der Waals surface area contributed by atoms with Gasteiger partial charge in [0.2, 0.25) is 0 Å². The van der Waals surface area contributed by atoms with Crippen LogP contribution >= 0.6 is 62.4 Å². The van der Waals surface area contributed by atoms with E-state index in [1.807, 2.05) is 0 Å². The summed E-state index contributed by atoms with van der Waals surface area (Å²) in [5.41, 5.74) is 0. The number of halogens is 19. The van der Waals surface area contributed by atoms with Crippen LogP contribution in [0.4, 0.5) is 75.5 Å². The molecule has 0 unspecified atom stereocenters. The molecule has 0 aromatic rings. The van der Waals surface area contributed by atoms with Crippen molar-refractivity contribution in [2.75, 3.05) is 118 Å². The minimum atomic E-state index is -10.7. The Labute approximate surface area is 385 Å². The van der Waals surface area contributed by atoms with E-state index in [1.165, 1.54) is 18.0 Å². The van der Waals surface area contributed by atoms with Crippen LogP contribution in [0.1, 0.15) is 0 Å². The standard InChI is InChI=1S/3C6H15N3.ClH.3F6P.3Mo.Pd.H2S.3S/c3*1-2-8-5-6-9-4-3-7-1;;3*1-7(2,3,4,5)6;;;;;;;;/h3*7-9H,1-6H2;1H;;;;;;;;1H2;;;/q;;;;3*-1;;+1;+4;;;;;/p-2. The zero-order chi connectivity index (χ0) is 45.0. The van der Waals surface area contributed by atoms with Gasteiger partial charge in [0.05, 0.1) is 0 Å². The first-order chi connectivity index (χ1) is 24.3. The van der Waals surface area contributed by atoms with E-state index in [2.05, 4.69) is 94.8 Å². The zero-order valence-corrected chi connectivity index (χ0v) is 43.3. The molecule has 0 saturated carbocycles. The third-order valence-electron chi connectivity index (χ3n) is 4.31. The van der Waals surface area contributed by atoms with Crippen molar-refractivity contribution in [1.82, 2.24) is 47.9 Å². The summed E-state index contributed by atoms with van der Waals surface area (Å²) in [6, 6.07) is 0. The summed E-state index contributed by atoms with van der Waals surface area (Å²) >= 11 is 3.39. The molecular weight excluding hydrogens is 1340 g/mol. The number of thiol groups is 1. The van der Waals surface area contributed by atoms with E-state index in [4.69, 9.17) is 9.42 Å². The van der Waals surface area contributed by atoms with Gasteiger partial charge < -0.3 is 61.3 Å². The van der Waals surface area contributed by atoms with Crippen molar-refractivity contribution in [2.24, 2.45) is 0 Å². The normalized spacial score (nSPS) is 20.3. The van der Waals surface area contributed by atoms with Crippen molar-refractivity contribution in [1.29, 1.82) is 0 Å². The SMILES string of the molecule is C1CNCCNCCN1.C1CNCCNCCN1.C1CNCCNCCN1.F[P-](F)(F)(F)(F)F.F[P-](F)(F)(F)(F)F.F[P-](F)(F)(F)(F)F.[Mo+4].[SH-].[S]=[Mo].[S]=[Mo][Cl].[S]=[Pd]. The molecule has 3 rings (SSSR count). The van der Waals surface area contributed by atoms with Crippen molar-refractivity contribution in [3.05, 3.63) is 0 Å². The van der Waals surface area contributed by atoms with Gasteiger partial charge in [-0.15, -0.1) is 0 Å². The van der Waals surface area contributed by atoms with E-state index >= 15 is 0 Å². The Bertz CT molecular complexity index is 722. The van der Waals surface area contributed by atoms with E-state index < -0.39 is 39.1 Å². The van der Waals surface area contributed by atoms with Crippen LogP contribution in [0.3, 0.4) is 0 Å². The van der Waals surface area contributed by atoms with Crippen LogP contribution in [0.15, 0.2) is 0 Å². The van der Waals surface area contributed by atoms with E-state index in [0.29, 0.717) is 0 Å². The van der Waals surface area contributed by atoms with Gasteiger partial charge in [-0.25, -0.2) is 0 Å². The minimum absolute atomic E-state index is 0. The van der Waals surface area contributed by atoms with Gasteiger partial charge in [0.1, 0.15) is 0 Å². The summed E-state index contributed by atoms with van der Waals surface area (Å²) in [6.45, 7) is 19.8. The van der Waals surface area contributed by atoms with Gasteiger partial charge in [-0.05, 0) is 0 Å². The number of nitrogens with one attached hydrogen (secondary N) is 9. The third-order valence-corrected chi connectivity index (χ3v) is 4.31. The maximum atomic E-state index is 9.87. The molecule has 3 heterocycles. The number of rotatable bonds is 0. The first-order valence-corrected chi connectivity index (χ1v) is 30.9. The molecule has 39 heteroatoms. The number of hydrogen-bond donors (Lipinski definition) is 9. The van der Waals surface area contributed by atoms with Gasteiger partial charge in [0.25, 0.3) is 0 Å². The second kappa shape index (κ2) is 35.0. The van der Waals surface area contributed by atoms with Crippen LogP contribution in [-0.4, -0.2) is 118 Å². The molecule has 3 fully saturated rings. The molecule has 363 valence electrons. The van der Waals surface area contributed by atoms with Crippen molar-refractivity contribution < 1.29 is 148 Å². The molecule has 0 aromatic heterocycles. The van der Waals surface area contributed by atoms with E-state index in [-0.39, 0.29) is 34.6 Å². The monoisotopic (exact) mass is 1390 g/mol. The van der Waals surface area contributed by atoms with Gasteiger partial charge in [0.15, 0.2) is 0 Å². The Morgan fingerprint density at radius 1 is 0.351 bits per heavy atom. The average molecular weight is 1380 g/mol. The van der Waals surface area contributed by atoms with Crippen LogP contribution in [-0.2, 0) is 85.7 Å². The summed E-state index contributed by atoms with van der Waals surface area (Å²) in [4.78, 5) is 0. The van der Waals surface area contributed by atoms with Gasteiger partial charge in [0, 0.05) is 118 Å². The van der Waals surface area contributed by atoms with Crippen LogP contribution in [0, 0.1) is 0 Å². The molecule has 3 aliphatic rings. The Balaban J connectivity index is -0.0000000813. The molecule has 3 saturated heterocycles. The summed E-state index contributed by atoms with van der Waals surface area (Å²) in [5, 5.41) is 29.7. The van der Waals surface area contributed by atoms with E-state index in [0.717, 1.165) is 118 Å². The molecule has 0 amide bonds. The van der Waals surface area contributed by atoms with Gasteiger partial charge in [-0.1, -0.05) is 0 Å². The van der Waals surface area contributed by atoms with Crippen molar-refractivity contribution >= 4 is 75.9 Å². The Kier molecular flexibility index (Phi) is 47.8. The second-order valence-corrected chi connectivity index (χ2v) is 18.7. The van der Waals surface area contributed by atoms with Crippen LogP contribution < -0.4 is 47.9 Å². The number of hydrogen-bond acceptors (Lipinski definition) is 13. The summed E-state index contributed by atoms with van der Waals surface area (Å²) in [7, 11) is -14.7. The fourth-order valence-electron chi connectivity index (χ4n) is 2.72. The fourth-order valence-corrected chi connectivity index (χ4v) is 2.72. The second-order valence-electron chi connectivity index (χ2n) is 9.69. The van der Waals surface area contributed by atoms with Crippen molar-refractivity contribution in [2.45, 2.75) is 0 Å². The van der Waals surface area contributed by atoms with E-state index in [9.17, 15) is 75.5 Å². The first-order valence-electron chi connectivity index (χ1n) is 14.5. The fraction of sp³-hybridized carbons (Fsp3) is 1.00. The molecular formula is C18H46ClF18Mo3N9P3PdS4. The molecule has 9 nitrogen and oxygen atoms in total. The Morgan fingerprint density at radius 2 is 0.386 bits per heavy atom. The Hall–Kier alpha value is 3.70. The molecule has 0 bridgehead atoms. The molecule has 0 aliphatic carbocycles. The van der Waals surface area contributed by atoms with Gasteiger partial charge >= 0.3 is 210 Å². The van der Waals surface area contributed by atoms with Crippen LogP contribution in [0.5, 0.6) is 0 Å². The predicted octanol–water partition coefficient (Wildman–Crippen LogP) is 8.81. The average Bonchev–Trinajstić information content (AvgIpc) is 3.31. The van der Waals surface area contributed by atoms with E-state index in [1.54, 1.807) is 0 Å². The third kappa shape index (κ3) is 211. The molecule has 0 atom stereocenters. The molecule has 0 aromatic carbocycles. The summed E-state index contributed by atoms with van der Waals surface area (Å²) in [6.07, 6.45) is 0. The summed E-state index contributed by atoms with van der Waals surface area (Å²) in [5.74, 6) is 0. The molecule has 9 N–H and O–H groups in total. The molecule has 57 heavy (non-hydrogen) atoms. The maximum absolute atomic E-state index is 10.7. The molecule has 0 spiro atoms. The first kappa shape index (κ1) is 77.9. The summed E-state index contributed by atoms with van der Waals surface area (Å²) < 4.78 is 178. The van der Waals surface area contributed by atoms with Gasteiger partial charge in [-0.2, -0.15) is 0 Å². The predicted molar refractivity (Wildman–Crippen MR) is 194 cm³/mol. The van der Waals surface area contributed by atoms with Crippen molar-refractivity contribution in [3.63, 3.8) is 0 Å². The van der Waals surface area contributed by atoms with Crippen molar-refractivity contribution in [3.8, 4) is 0 Å². The quantitative estimate of drug-likeness (QED) is 0.0380. The van der Waals surface area contributed by atoms with Crippen LogP contribution in [0.25, 0.3) is 0 Å². The zero-order valence-electron chi connectivity index (χ0n) is 29.0.